The first-order valence-electron chi connectivity index (χ1n) is 3.17. The summed E-state index contributed by atoms with van der Waals surface area (Å²) in [5.41, 5.74) is 1.77. The highest BCUT2D eigenvalue weighted by Gasteiger charge is 2.06. The van der Waals surface area contributed by atoms with Gasteiger partial charge in [-0.25, -0.2) is 4.98 Å². The molecule has 0 bridgehead atoms. The number of imidazole rings is 1. The summed E-state index contributed by atoms with van der Waals surface area (Å²) in [6.45, 7) is 0. The van der Waals surface area contributed by atoms with Crippen molar-refractivity contribution in [3.8, 4) is 0 Å². The number of hydrogen-bond donors (Lipinski definition) is 1. The van der Waals surface area contributed by atoms with E-state index in [1.54, 1.807) is 0 Å². The number of fused-ring (bicyclic) bond motifs is 1. The summed E-state index contributed by atoms with van der Waals surface area (Å²) in [4.78, 5) is 7.04. The smallest absolute Gasteiger partial charge is 0.201 e. The second-order valence-corrected chi connectivity index (χ2v) is 4.29. The van der Waals surface area contributed by atoms with Gasteiger partial charge in [0, 0.05) is 4.47 Å². The van der Waals surface area contributed by atoms with Gasteiger partial charge in [0.25, 0.3) is 0 Å². The van der Waals surface area contributed by atoms with E-state index in [-0.39, 0.29) is 0 Å². The summed E-state index contributed by atoms with van der Waals surface area (Å²) in [6.07, 6.45) is 0. The molecule has 0 aliphatic carbocycles. The molecular weight excluding hydrogens is 307 g/mol. The largest absolute Gasteiger partial charge is 0.329 e. The van der Waals surface area contributed by atoms with E-state index in [1.807, 2.05) is 12.1 Å². The Morgan fingerprint density at radius 2 is 2.08 bits per heavy atom. The fraction of sp³-hybridized carbons (Fsp3) is 0. The first-order valence-corrected chi connectivity index (χ1v) is 5.14. The summed E-state index contributed by atoms with van der Waals surface area (Å²) >= 11 is 12.5. The van der Waals surface area contributed by atoms with Crippen molar-refractivity contribution >= 4 is 54.5 Å². The second-order valence-electron chi connectivity index (χ2n) is 2.29. The van der Waals surface area contributed by atoms with Crippen LogP contribution < -0.4 is 0 Å². The van der Waals surface area contributed by atoms with Gasteiger partial charge in [-0.3, -0.25) is 0 Å². The molecule has 0 fully saturated rings. The minimum Gasteiger partial charge on any atom is -0.329 e. The van der Waals surface area contributed by atoms with Crippen molar-refractivity contribution in [3.63, 3.8) is 0 Å². The number of aromatic amines is 1. The number of rotatable bonds is 0. The Hall–Kier alpha value is -0.0600. The predicted octanol–water partition coefficient (Wildman–Crippen LogP) is 3.74. The molecule has 1 aromatic heterocycles. The summed E-state index contributed by atoms with van der Waals surface area (Å²) in [7, 11) is 0. The molecule has 2 aromatic rings. The van der Waals surface area contributed by atoms with E-state index in [0.717, 1.165) is 20.0 Å². The lowest BCUT2D eigenvalue weighted by molar-refractivity contribution is 1.34. The first-order chi connectivity index (χ1) is 5.68. The van der Waals surface area contributed by atoms with Crippen LogP contribution in [-0.4, -0.2) is 9.97 Å². The van der Waals surface area contributed by atoms with E-state index in [0.29, 0.717) is 5.28 Å². The molecule has 1 heterocycles. The maximum atomic E-state index is 5.70. The molecule has 0 saturated carbocycles. The third kappa shape index (κ3) is 1.28. The summed E-state index contributed by atoms with van der Waals surface area (Å²) < 4.78 is 1.89. The van der Waals surface area contributed by atoms with Crippen molar-refractivity contribution in [2.75, 3.05) is 0 Å². The number of nitrogens with one attached hydrogen (secondary N) is 1. The molecule has 1 N–H and O–H groups in total. The molecule has 1 aromatic carbocycles. The van der Waals surface area contributed by atoms with Gasteiger partial charge in [0.2, 0.25) is 5.28 Å². The van der Waals surface area contributed by atoms with Crippen molar-refractivity contribution in [2.45, 2.75) is 0 Å². The average molecular weight is 310 g/mol. The molecule has 5 heteroatoms. The Morgan fingerprint density at radius 1 is 1.33 bits per heavy atom. The van der Waals surface area contributed by atoms with Crippen LogP contribution in [0.1, 0.15) is 0 Å². The van der Waals surface area contributed by atoms with Crippen LogP contribution in [0.4, 0.5) is 0 Å². The van der Waals surface area contributed by atoms with Gasteiger partial charge < -0.3 is 4.98 Å². The highest BCUT2D eigenvalue weighted by Crippen LogP contribution is 2.30. The Morgan fingerprint density at radius 3 is 2.83 bits per heavy atom. The molecule has 0 atom stereocenters. The van der Waals surface area contributed by atoms with Crippen LogP contribution in [0.2, 0.25) is 5.28 Å². The highest BCUT2D eigenvalue weighted by atomic mass is 79.9. The molecule has 2 nitrogen and oxygen atoms in total. The van der Waals surface area contributed by atoms with Crippen LogP contribution in [0.25, 0.3) is 11.0 Å². The molecule has 0 spiro atoms. The Balaban J connectivity index is 2.89. The van der Waals surface area contributed by atoms with Crippen LogP contribution in [0.5, 0.6) is 0 Å². The van der Waals surface area contributed by atoms with Gasteiger partial charge in [0.05, 0.1) is 9.99 Å². The van der Waals surface area contributed by atoms with Crippen LogP contribution in [0, 0.1) is 0 Å². The van der Waals surface area contributed by atoms with Crippen LogP contribution in [0.15, 0.2) is 21.1 Å². The first kappa shape index (κ1) is 8.53. The number of nitrogens with zero attached hydrogens (tertiary/aromatic N) is 1. The van der Waals surface area contributed by atoms with E-state index in [1.165, 1.54) is 0 Å². The highest BCUT2D eigenvalue weighted by molar-refractivity contribution is 9.13. The number of aromatic nitrogens is 2. The van der Waals surface area contributed by atoms with E-state index >= 15 is 0 Å². The zero-order chi connectivity index (χ0) is 8.72. The maximum absolute atomic E-state index is 5.70. The van der Waals surface area contributed by atoms with E-state index in [4.69, 9.17) is 11.6 Å². The standard InChI is InChI=1S/C7H3Br2ClN2/c8-3-1-2-4-6(5(3)9)12-7(10)11-4/h1-2H,(H,11,12). The van der Waals surface area contributed by atoms with E-state index in [9.17, 15) is 0 Å². The van der Waals surface area contributed by atoms with Crippen molar-refractivity contribution < 1.29 is 0 Å². The molecule has 0 unspecified atom stereocenters. The van der Waals surface area contributed by atoms with Crippen LogP contribution in [-0.2, 0) is 0 Å². The zero-order valence-corrected chi connectivity index (χ0v) is 9.66. The molecule has 2 rings (SSSR count). The fourth-order valence-corrected chi connectivity index (χ4v) is 1.93. The van der Waals surface area contributed by atoms with Crippen LogP contribution >= 0.6 is 43.5 Å². The Bertz CT molecular complexity index is 438. The van der Waals surface area contributed by atoms with Gasteiger partial charge in [-0.15, -0.1) is 0 Å². The Labute approximate surface area is 90.6 Å². The molecule has 0 aliphatic rings. The predicted molar refractivity (Wildman–Crippen MR) is 56.5 cm³/mol. The summed E-state index contributed by atoms with van der Waals surface area (Å²) in [5, 5.41) is 0.406. The molecule has 12 heavy (non-hydrogen) atoms. The molecule has 0 amide bonds. The van der Waals surface area contributed by atoms with Gasteiger partial charge in [-0.1, -0.05) is 0 Å². The van der Waals surface area contributed by atoms with Gasteiger partial charge >= 0.3 is 0 Å². The number of benzene rings is 1. The SMILES string of the molecule is Clc1nc2c(Br)c(Br)ccc2[nH]1. The third-order valence-electron chi connectivity index (χ3n) is 1.52. The second kappa shape index (κ2) is 3.01. The monoisotopic (exact) mass is 308 g/mol. The third-order valence-corrected chi connectivity index (χ3v) is 3.69. The number of halogens is 3. The molecule has 62 valence electrons. The quantitative estimate of drug-likeness (QED) is 0.789. The van der Waals surface area contributed by atoms with Gasteiger partial charge in [0.1, 0.15) is 5.52 Å². The average Bonchev–Trinajstić information content (AvgIpc) is 2.39. The Kier molecular flexibility index (Phi) is 2.14. The van der Waals surface area contributed by atoms with Gasteiger partial charge in [0.15, 0.2) is 0 Å². The summed E-state index contributed by atoms with van der Waals surface area (Å²) in [6, 6.07) is 3.85. The van der Waals surface area contributed by atoms with Gasteiger partial charge in [-0.05, 0) is 55.6 Å². The lowest BCUT2D eigenvalue weighted by Crippen LogP contribution is -1.73. The van der Waals surface area contributed by atoms with Gasteiger partial charge in [-0.2, -0.15) is 0 Å². The van der Waals surface area contributed by atoms with E-state index < -0.39 is 0 Å². The fourth-order valence-electron chi connectivity index (χ4n) is 0.987. The number of hydrogen-bond acceptors (Lipinski definition) is 1. The molecule has 0 aliphatic heterocycles. The van der Waals surface area contributed by atoms with E-state index in [2.05, 4.69) is 41.8 Å². The molecule has 0 radical (unpaired) electrons. The normalized spacial score (nSPS) is 10.9. The lowest BCUT2D eigenvalue weighted by atomic mass is 10.3. The topological polar surface area (TPSA) is 28.7 Å². The minimum atomic E-state index is 0.406. The zero-order valence-electron chi connectivity index (χ0n) is 5.74. The van der Waals surface area contributed by atoms with Crippen molar-refractivity contribution in [3.05, 3.63) is 26.4 Å². The van der Waals surface area contributed by atoms with Crippen LogP contribution in [0.3, 0.4) is 0 Å². The molecule has 0 saturated heterocycles. The minimum absolute atomic E-state index is 0.406. The maximum Gasteiger partial charge on any atom is 0.201 e. The summed E-state index contributed by atoms with van der Waals surface area (Å²) in [5.74, 6) is 0. The lowest BCUT2D eigenvalue weighted by Gasteiger charge is -1.94. The van der Waals surface area contributed by atoms with Crippen molar-refractivity contribution in [1.82, 2.24) is 9.97 Å². The van der Waals surface area contributed by atoms with Crippen molar-refractivity contribution in [1.29, 1.82) is 0 Å². The van der Waals surface area contributed by atoms with Crippen molar-refractivity contribution in [2.24, 2.45) is 0 Å². The molecular formula is C7H3Br2ClN2. The number of H-pyrrole nitrogens is 1.